The standard InChI is InChI=1S/C14H28N6O9/c15-13(16)19-1-3-5(21)7(23)9(25)11(27-3)29-12-10(26)8(24)6(22)4(28-12)2-20-14(17)18/h3-12,21-26H,1-2H2,(H4,15,16,19)(H4,17,18,20)/t3-,4-,5-,6-,7+,8+,9-,10-,11-,12-/m1/s1. The number of hydrogen-bond donors (Lipinski definition) is 11. The molecule has 0 radical (unpaired) electrons. The molecule has 0 unspecified atom stereocenters. The van der Waals surface area contributed by atoms with E-state index in [0.717, 1.165) is 0 Å². The van der Waals surface area contributed by atoms with Crippen molar-refractivity contribution in [1.29, 1.82) is 5.41 Å². The lowest BCUT2D eigenvalue weighted by Gasteiger charge is -2.44. The topological polar surface area (TPSA) is 275 Å². The number of nitrogens with one attached hydrogen (secondary N) is 2. The Balaban J connectivity index is 2.09. The predicted molar refractivity (Wildman–Crippen MR) is 95.0 cm³/mol. The van der Waals surface area contributed by atoms with Crippen molar-refractivity contribution in [2.75, 3.05) is 13.1 Å². The first-order chi connectivity index (χ1) is 13.5. The van der Waals surface area contributed by atoms with Crippen LogP contribution in [0, 0.1) is 5.41 Å². The highest BCUT2D eigenvalue weighted by Crippen LogP contribution is 2.28. The minimum Gasteiger partial charge on any atom is -0.388 e. The van der Waals surface area contributed by atoms with Crippen molar-refractivity contribution in [2.45, 2.75) is 61.4 Å². The van der Waals surface area contributed by atoms with Crippen LogP contribution in [0.3, 0.4) is 0 Å². The Morgan fingerprint density at radius 2 is 1.31 bits per heavy atom. The molecule has 0 aromatic rings. The second-order valence-corrected chi connectivity index (χ2v) is 6.73. The lowest BCUT2D eigenvalue weighted by atomic mass is 9.97. The summed E-state index contributed by atoms with van der Waals surface area (Å²) in [5, 5.41) is 69.9. The van der Waals surface area contributed by atoms with Gasteiger partial charge in [-0.2, -0.15) is 0 Å². The Kier molecular flexibility index (Phi) is 7.92. The van der Waals surface area contributed by atoms with E-state index in [9.17, 15) is 30.6 Å². The van der Waals surface area contributed by atoms with E-state index >= 15 is 0 Å². The van der Waals surface area contributed by atoms with Gasteiger partial charge in [0.25, 0.3) is 0 Å². The number of hydrogen-bond acceptors (Lipinski definition) is 11. The number of aliphatic imine (C=N–C) groups is 1. The molecule has 2 saturated heterocycles. The van der Waals surface area contributed by atoms with Gasteiger partial charge in [-0.15, -0.1) is 0 Å². The van der Waals surface area contributed by atoms with E-state index in [1.54, 1.807) is 0 Å². The molecular formula is C14H28N6O9. The van der Waals surface area contributed by atoms with E-state index in [1.165, 1.54) is 0 Å². The second kappa shape index (κ2) is 9.79. The molecular weight excluding hydrogens is 396 g/mol. The zero-order valence-corrected chi connectivity index (χ0v) is 15.3. The van der Waals surface area contributed by atoms with Gasteiger partial charge in [-0.05, 0) is 0 Å². The summed E-state index contributed by atoms with van der Waals surface area (Å²) in [5.74, 6) is -0.701. The molecule has 2 aliphatic heterocycles. The fourth-order valence-corrected chi connectivity index (χ4v) is 2.92. The number of aliphatic hydroxyl groups excluding tert-OH is 6. The molecule has 15 nitrogen and oxygen atoms in total. The van der Waals surface area contributed by atoms with Gasteiger partial charge in [0.05, 0.1) is 6.54 Å². The van der Waals surface area contributed by atoms with Crippen LogP contribution in [-0.2, 0) is 14.2 Å². The van der Waals surface area contributed by atoms with Crippen LogP contribution in [0.2, 0.25) is 0 Å². The molecule has 0 aromatic carbocycles. The largest absolute Gasteiger partial charge is 0.388 e. The van der Waals surface area contributed by atoms with Crippen LogP contribution < -0.4 is 22.5 Å². The monoisotopic (exact) mass is 424 g/mol. The molecule has 0 spiro atoms. The summed E-state index contributed by atoms with van der Waals surface area (Å²) in [6, 6.07) is 0. The Hall–Kier alpha value is -1.82. The summed E-state index contributed by atoms with van der Waals surface area (Å²) in [4.78, 5) is 3.67. The summed E-state index contributed by atoms with van der Waals surface area (Å²) in [6.45, 7) is -0.448. The number of nitrogens with zero attached hydrogens (tertiary/aromatic N) is 1. The summed E-state index contributed by atoms with van der Waals surface area (Å²) >= 11 is 0. The maximum absolute atomic E-state index is 10.1. The zero-order valence-electron chi connectivity index (χ0n) is 15.3. The maximum Gasteiger partial charge on any atom is 0.189 e. The van der Waals surface area contributed by atoms with E-state index in [0.29, 0.717) is 0 Å². The van der Waals surface area contributed by atoms with Crippen LogP contribution in [0.4, 0.5) is 0 Å². The van der Waals surface area contributed by atoms with Gasteiger partial charge in [0.2, 0.25) is 0 Å². The average Bonchev–Trinajstić information content (AvgIpc) is 2.66. The van der Waals surface area contributed by atoms with Crippen molar-refractivity contribution in [2.24, 2.45) is 22.2 Å². The zero-order chi connectivity index (χ0) is 21.9. The van der Waals surface area contributed by atoms with Crippen LogP contribution in [0.15, 0.2) is 4.99 Å². The molecule has 29 heavy (non-hydrogen) atoms. The lowest BCUT2D eigenvalue weighted by Crippen LogP contribution is -2.64. The van der Waals surface area contributed by atoms with Crippen molar-refractivity contribution in [3.63, 3.8) is 0 Å². The summed E-state index contributed by atoms with van der Waals surface area (Å²) in [7, 11) is 0. The number of nitrogens with two attached hydrogens (primary N) is 3. The fourth-order valence-electron chi connectivity index (χ4n) is 2.92. The SMILES string of the molecule is N=C(N)NC[C@H]1O[C@H](O[C@H]2O[C@H](CN=C(N)N)[C@@H](O)[C@H](O)[C@H]2O)[C@H](O)[C@@H](O)[C@@H]1O. The van der Waals surface area contributed by atoms with Crippen molar-refractivity contribution in [3.8, 4) is 0 Å². The molecule has 0 saturated carbocycles. The molecule has 2 rings (SSSR count). The van der Waals surface area contributed by atoms with Crippen LogP contribution in [-0.4, -0.2) is 117 Å². The summed E-state index contributed by atoms with van der Waals surface area (Å²) in [5.41, 5.74) is 15.6. The second-order valence-electron chi connectivity index (χ2n) is 6.73. The van der Waals surface area contributed by atoms with Gasteiger partial charge in [-0.3, -0.25) is 10.4 Å². The van der Waals surface area contributed by atoms with Gasteiger partial charge in [-0.25, -0.2) is 0 Å². The highest BCUT2D eigenvalue weighted by Gasteiger charge is 2.49. The first-order valence-corrected chi connectivity index (χ1v) is 8.71. The van der Waals surface area contributed by atoms with Gasteiger partial charge < -0.3 is 67.4 Å². The maximum atomic E-state index is 10.1. The average molecular weight is 424 g/mol. The van der Waals surface area contributed by atoms with Gasteiger partial charge in [0.15, 0.2) is 24.5 Å². The smallest absolute Gasteiger partial charge is 0.189 e. The minimum atomic E-state index is -1.74. The lowest BCUT2D eigenvalue weighted by molar-refractivity contribution is -0.371. The molecule has 0 aliphatic carbocycles. The summed E-state index contributed by atoms with van der Waals surface area (Å²) < 4.78 is 16.1. The van der Waals surface area contributed by atoms with Crippen LogP contribution >= 0.6 is 0 Å². The highest BCUT2D eigenvalue weighted by molar-refractivity contribution is 5.75. The van der Waals surface area contributed by atoms with Gasteiger partial charge in [-0.1, -0.05) is 0 Å². The fraction of sp³-hybridized carbons (Fsp3) is 0.857. The highest BCUT2D eigenvalue weighted by atomic mass is 16.8. The van der Waals surface area contributed by atoms with E-state index in [1.807, 2.05) is 0 Å². The molecule has 0 amide bonds. The van der Waals surface area contributed by atoms with Gasteiger partial charge in [0, 0.05) is 6.54 Å². The first kappa shape index (κ1) is 23.5. The number of aliphatic hydroxyl groups is 6. The minimum absolute atomic E-state index is 0.192. The van der Waals surface area contributed by atoms with Gasteiger partial charge in [0.1, 0.15) is 48.8 Å². The third kappa shape index (κ3) is 5.62. The van der Waals surface area contributed by atoms with Crippen molar-refractivity contribution >= 4 is 11.9 Å². The molecule has 0 bridgehead atoms. The van der Waals surface area contributed by atoms with E-state index in [-0.39, 0.29) is 19.0 Å². The molecule has 168 valence electrons. The van der Waals surface area contributed by atoms with Crippen molar-refractivity contribution < 1.29 is 44.8 Å². The number of rotatable bonds is 6. The van der Waals surface area contributed by atoms with E-state index in [4.69, 9.17) is 36.8 Å². The molecule has 15 heteroatoms. The number of guanidine groups is 2. The van der Waals surface area contributed by atoms with Crippen LogP contribution in [0.5, 0.6) is 0 Å². The Morgan fingerprint density at radius 1 is 0.828 bits per heavy atom. The number of ether oxygens (including phenoxy) is 3. The molecule has 2 fully saturated rings. The molecule has 14 N–H and O–H groups in total. The van der Waals surface area contributed by atoms with E-state index in [2.05, 4.69) is 10.3 Å². The third-order valence-corrected chi connectivity index (χ3v) is 4.55. The van der Waals surface area contributed by atoms with E-state index < -0.39 is 67.4 Å². The Bertz CT molecular complexity index is 594. The molecule has 10 atom stereocenters. The van der Waals surface area contributed by atoms with Crippen LogP contribution in [0.1, 0.15) is 0 Å². The predicted octanol–water partition coefficient (Wildman–Crippen LogP) is -6.63. The van der Waals surface area contributed by atoms with Crippen LogP contribution in [0.25, 0.3) is 0 Å². The van der Waals surface area contributed by atoms with Crippen molar-refractivity contribution in [3.05, 3.63) is 0 Å². The van der Waals surface area contributed by atoms with Gasteiger partial charge >= 0.3 is 0 Å². The van der Waals surface area contributed by atoms with Crippen molar-refractivity contribution in [1.82, 2.24) is 5.32 Å². The normalized spacial score (nSPS) is 42.8. The summed E-state index contributed by atoms with van der Waals surface area (Å²) in [6.07, 6.45) is -15.4. The third-order valence-electron chi connectivity index (χ3n) is 4.55. The Labute approximate surface area is 165 Å². The molecule has 2 aliphatic rings. The quantitative estimate of drug-likeness (QED) is 0.140. The Morgan fingerprint density at radius 3 is 1.79 bits per heavy atom. The first-order valence-electron chi connectivity index (χ1n) is 8.71. The molecule has 2 heterocycles. The molecule has 0 aromatic heterocycles.